The zero-order chi connectivity index (χ0) is 13.7. The summed E-state index contributed by atoms with van der Waals surface area (Å²) in [5.41, 5.74) is 7.25. The minimum Gasteiger partial charge on any atom is -0.489 e. The van der Waals surface area contributed by atoms with Crippen LogP contribution >= 0.6 is 0 Å². The summed E-state index contributed by atoms with van der Waals surface area (Å²) >= 11 is 0. The highest BCUT2D eigenvalue weighted by Crippen LogP contribution is 2.26. The monoisotopic (exact) mass is 266 g/mol. The first-order chi connectivity index (χ1) is 9.20. The maximum Gasteiger partial charge on any atom is 0.417 e. The van der Waals surface area contributed by atoms with Crippen LogP contribution in [0, 0.1) is 0 Å². The van der Waals surface area contributed by atoms with Crippen molar-refractivity contribution in [3.63, 3.8) is 0 Å². The van der Waals surface area contributed by atoms with E-state index in [1.165, 1.54) is 0 Å². The van der Waals surface area contributed by atoms with Crippen molar-refractivity contribution in [2.75, 3.05) is 25.6 Å². The molecule has 0 aliphatic heterocycles. The van der Waals surface area contributed by atoms with Gasteiger partial charge in [-0.05, 0) is 6.42 Å². The summed E-state index contributed by atoms with van der Waals surface area (Å²) in [5, 5.41) is 0. The minimum atomic E-state index is -0.505. The molecule has 0 spiro atoms. The normalized spacial score (nSPS) is 11.0. The second-order valence-corrected chi connectivity index (χ2v) is 4.22. The quantitative estimate of drug-likeness (QED) is 0.590. The van der Waals surface area contributed by atoms with Gasteiger partial charge in [-0.1, -0.05) is 13.3 Å². The molecule has 6 heteroatoms. The predicted octanol–water partition coefficient (Wildman–Crippen LogP) is 1.90. The Morgan fingerprint density at radius 2 is 2.16 bits per heavy atom. The van der Waals surface area contributed by atoms with Crippen LogP contribution in [0.5, 0.6) is 5.75 Å². The number of nitrogens with two attached hydrogens (primary N) is 1. The lowest BCUT2D eigenvalue weighted by Crippen LogP contribution is -2.08. The molecular formula is C13H18N2O4. The second-order valence-electron chi connectivity index (χ2n) is 4.22. The Morgan fingerprint density at radius 1 is 1.32 bits per heavy atom. The number of anilines is 1. The van der Waals surface area contributed by atoms with Gasteiger partial charge in [-0.3, -0.25) is 4.98 Å². The molecule has 1 heterocycles. The average Bonchev–Trinajstić information content (AvgIpc) is 2.72. The molecule has 2 rings (SSSR count). The summed E-state index contributed by atoms with van der Waals surface area (Å²) in [6.07, 6.45) is 2.16. The number of rotatable bonds is 7. The van der Waals surface area contributed by atoms with E-state index in [1.807, 2.05) is 0 Å². The average molecular weight is 266 g/mol. The minimum absolute atomic E-state index is 0.418. The number of aromatic nitrogens is 1. The first-order valence-corrected chi connectivity index (χ1v) is 6.33. The predicted molar refractivity (Wildman–Crippen MR) is 72.5 cm³/mol. The molecule has 19 heavy (non-hydrogen) atoms. The molecule has 0 radical (unpaired) electrons. The second kappa shape index (κ2) is 6.29. The maximum absolute atomic E-state index is 11.0. The van der Waals surface area contributed by atoms with E-state index >= 15 is 0 Å². The van der Waals surface area contributed by atoms with Crippen LogP contribution < -0.4 is 16.2 Å². The molecule has 0 saturated carbocycles. The van der Waals surface area contributed by atoms with Gasteiger partial charge in [0.1, 0.15) is 12.4 Å². The number of H-pyrrole nitrogens is 1. The van der Waals surface area contributed by atoms with Crippen molar-refractivity contribution in [3.05, 3.63) is 22.7 Å². The number of aromatic amines is 1. The number of benzene rings is 1. The van der Waals surface area contributed by atoms with Gasteiger partial charge >= 0.3 is 5.76 Å². The lowest BCUT2D eigenvalue weighted by molar-refractivity contribution is 0.0983. The standard InChI is InChI=1S/C13H18N2O4/c1-2-3-4-17-5-6-18-11-8-10-12(7-9(11)14)19-13(16)15-10/h7-8H,2-6,14H2,1H3,(H,15,16). The highest BCUT2D eigenvalue weighted by Gasteiger charge is 2.07. The van der Waals surface area contributed by atoms with Crippen LogP contribution in [0.15, 0.2) is 21.3 Å². The molecule has 3 N–H and O–H groups in total. The molecule has 0 amide bonds. The van der Waals surface area contributed by atoms with Crippen LogP contribution in [0.1, 0.15) is 19.8 Å². The topological polar surface area (TPSA) is 90.5 Å². The molecule has 1 aromatic heterocycles. The summed E-state index contributed by atoms with van der Waals surface area (Å²) in [6.45, 7) is 3.78. The van der Waals surface area contributed by atoms with E-state index in [-0.39, 0.29) is 0 Å². The van der Waals surface area contributed by atoms with E-state index < -0.39 is 5.76 Å². The van der Waals surface area contributed by atoms with Gasteiger partial charge in [0.05, 0.1) is 17.8 Å². The van der Waals surface area contributed by atoms with Gasteiger partial charge in [0.25, 0.3) is 0 Å². The van der Waals surface area contributed by atoms with E-state index in [9.17, 15) is 4.79 Å². The molecule has 2 aromatic rings. The van der Waals surface area contributed by atoms with Gasteiger partial charge in [0.2, 0.25) is 0 Å². The number of oxazole rings is 1. The zero-order valence-electron chi connectivity index (χ0n) is 10.9. The summed E-state index contributed by atoms with van der Waals surface area (Å²) in [7, 11) is 0. The Hall–Kier alpha value is -1.95. The van der Waals surface area contributed by atoms with Gasteiger partial charge in [-0.15, -0.1) is 0 Å². The Kier molecular flexibility index (Phi) is 4.46. The fourth-order valence-corrected chi connectivity index (χ4v) is 1.68. The number of hydrogen-bond acceptors (Lipinski definition) is 5. The first kappa shape index (κ1) is 13.5. The van der Waals surface area contributed by atoms with Crippen LogP contribution in [0.2, 0.25) is 0 Å². The third kappa shape index (κ3) is 3.51. The zero-order valence-corrected chi connectivity index (χ0v) is 10.9. The van der Waals surface area contributed by atoms with Crippen molar-refractivity contribution >= 4 is 16.8 Å². The molecule has 104 valence electrons. The lowest BCUT2D eigenvalue weighted by atomic mass is 10.2. The Labute approximate surface area is 110 Å². The lowest BCUT2D eigenvalue weighted by Gasteiger charge is -2.09. The van der Waals surface area contributed by atoms with Crippen LogP contribution in [0.3, 0.4) is 0 Å². The van der Waals surface area contributed by atoms with Gasteiger partial charge in [0, 0.05) is 18.7 Å². The summed E-state index contributed by atoms with van der Waals surface area (Å²) in [6, 6.07) is 3.22. The molecule has 0 bridgehead atoms. The smallest absolute Gasteiger partial charge is 0.417 e. The third-order valence-corrected chi connectivity index (χ3v) is 2.68. The van der Waals surface area contributed by atoms with Crippen molar-refractivity contribution < 1.29 is 13.9 Å². The van der Waals surface area contributed by atoms with Gasteiger partial charge in [-0.2, -0.15) is 0 Å². The number of nitrogens with one attached hydrogen (secondary N) is 1. The van der Waals surface area contributed by atoms with E-state index in [2.05, 4.69) is 11.9 Å². The SMILES string of the molecule is CCCCOCCOc1cc2[nH]c(=O)oc2cc1N. The molecule has 0 fully saturated rings. The van der Waals surface area contributed by atoms with E-state index in [1.54, 1.807) is 12.1 Å². The van der Waals surface area contributed by atoms with Gasteiger partial charge < -0.3 is 19.6 Å². The fraction of sp³-hybridized carbons (Fsp3) is 0.462. The van der Waals surface area contributed by atoms with Crippen molar-refractivity contribution in [1.82, 2.24) is 4.98 Å². The van der Waals surface area contributed by atoms with E-state index in [0.717, 1.165) is 19.4 Å². The number of fused-ring (bicyclic) bond motifs is 1. The first-order valence-electron chi connectivity index (χ1n) is 6.33. The third-order valence-electron chi connectivity index (χ3n) is 2.68. The fourth-order valence-electron chi connectivity index (χ4n) is 1.68. The van der Waals surface area contributed by atoms with Gasteiger partial charge in [0.15, 0.2) is 5.58 Å². The Balaban J connectivity index is 1.92. The number of ether oxygens (including phenoxy) is 2. The van der Waals surface area contributed by atoms with E-state index in [0.29, 0.717) is 35.8 Å². The molecule has 0 atom stereocenters. The summed E-state index contributed by atoms with van der Waals surface area (Å²) in [4.78, 5) is 13.6. The van der Waals surface area contributed by atoms with Crippen molar-refractivity contribution in [1.29, 1.82) is 0 Å². The van der Waals surface area contributed by atoms with Gasteiger partial charge in [-0.25, -0.2) is 4.79 Å². The van der Waals surface area contributed by atoms with Crippen molar-refractivity contribution in [2.45, 2.75) is 19.8 Å². The highest BCUT2D eigenvalue weighted by molar-refractivity contribution is 5.80. The van der Waals surface area contributed by atoms with Crippen LogP contribution in [-0.4, -0.2) is 24.8 Å². The molecule has 0 unspecified atom stereocenters. The van der Waals surface area contributed by atoms with Crippen molar-refractivity contribution in [2.24, 2.45) is 0 Å². The molecule has 0 saturated heterocycles. The summed E-state index contributed by atoms with van der Waals surface area (Å²) < 4.78 is 15.8. The van der Waals surface area contributed by atoms with Crippen LogP contribution in [-0.2, 0) is 4.74 Å². The van der Waals surface area contributed by atoms with Crippen LogP contribution in [0.25, 0.3) is 11.1 Å². The molecule has 0 aliphatic rings. The van der Waals surface area contributed by atoms with E-state index in [4.69, 9.17) is 19.6 Å². The molecule has 1 aromatic carbocycles. The Morgan fingerprint density at radius 3 is 2.95 bits per heavy atom. The van der Waals surface area contributed by atoms with Crippen LogP contribution in [0.4, 0.5) is 5.69 Å². The van der Waals surface area contributed by atoms with Crippen molar-refractivity contribution in [3.8, 4) is 5.75 Å². The highest BCUT2D eigenvalue weighted by atomic mass is 16.5. The maximum atomic E-state index is 11.0. The molecule has 6 nitrogen and oxygen atoms in total. The molecule has 0 aliphatic carbocycles. The number of nitrogen functional groups attached to an aromatic ring is 1. The number of hydrogen-bond donors (Lipinski definition) is 2. The Bertz CT molecular complexity index is 588. The largest absolute Gasteiger partial charge is 0.489 e. The summed E-state index contributed by atoms with van der Waals surface area (Å²) in [5.74, 6) is 0.0121. The molecular weight excluding hydrogens is 248 g/mol. The number of unbranched alkanes of at least 4 members (excludes halogenated alkanes) is 1.